The first-order valence-corrected chi connectivity index (χ1v) is 10.3. The minimum Gasteiger partial charge on any atom is -0.497 e. The van der Waals surface area contributed by atoms with E-state index in [2.05, 4.69) is 16.3 Å². The van der Waals surface area contributed by atoms with E-state index in [9.17, 15) is 9.59 Å². The van der Waals surface area contributed by atoms with E-state index >= 15 is 0 Å². The molecule has 1 aliphatic rings. The summed E-state index contributed by atoms with van der Waals surface area (Å²) in [5, 5.41) is 3.08. The van der Waals surface area contributed by atoms with Crippen molar-refractivity contribution in [3.63, 3.8) is 0 Å². The number of hydrogen-bond donors (Lipinski definition) is 1. The Morgan fingerprint density at radius 3 is 2.50 bits per heavy atom. The van der Waals surface area contributed by atoms with E-state index in [0.717, 1.165) is 23.3 Å². The molecule has 0 radical (unpaired) electrons. The van der Waals surface area contributed by atoms with Crippen molar-refractivity contribution in [2.45, 2.75) is 31.8 Å². The maximum Gasteiger partial charge on any atom is 0.222 e. The van der Waals surface area contributed by atoms with E-state index < -0.39 is 0 Å². The van der Waals surface area contributed by atoms with Gasteiger partial charge in [-0.2, -0.15) is 0 Å². The third-order valence-electron chi connectivity index (χ3n) is 5.81. The molecule has 0 aromatic heterocycles. The van der Waals surface area contributed by atoms with Gasteiger partial charge in [0.05, 0.1) is 25.6 Å². The molecule has 0 saturated carbocycles. The van der Waals surface area contributed by atoms with Gasteiger partial charge in [-0.25, -0.2) is 0 Å². The van der Waals surface area contributed by atoms with Gasteiger partial charge in [-0.1, -0.05) is 36.4 Å². The van der Waals surface area contributed by atoms with Gasteiger partial charge in [0.2, 0.25) is 11.8 Å². The predicted molar refractivity (Wildman–Crippen MR) is 117 cm³/mol. The van der Waals surface area contributed by atoms with Crippen LogP contribution in [0.1, 0.15) is 42.1 Å². The molecule has 2 amide bonds. The number of hydrogen-bond acceptors (Lipinski definition) is 4. The minimum absolute atomic E-state index is 0.00621. The summed E-state index contributed by atoms with van der Waals surface area (Å²) in [6.45, 7) is 2.72. The average Bonchev–Trinajstić information content (AvgIpc) is 2.74. The highest BCUT2D eigenvalue weighted by molar-refractivity contribution is 5.79. The summed E-state index contributed by atoms with van der Waals surface area (Å²) < 4.78 is 5.23. The molecule has 2 aromatic rings. The summed E-state index contributed by atoms with van der Waals surface area (Å²) in [4.78, 5) is 28.9. The lowest BCUT2D eigenvalue weighted by molar-refractivity contribution is -0.133. The number of nitrogens with zero attached hydrogens (tertiary/aromatic N) is 2. The molecule has 1 N–H and O–H groups in total. The van der Waals surface area contributed by atoms with Crippen molar-refractivity contribution in [2.24, 2.45) is 0 Å². The number of amides is 2. The number of carbonyl (C=O) groups is 2. The first-order chi connectivity index (χ1) is 14.4. The number of ether oxygens (including phenoxy) is 1. The van der Waals surface area contributed by atoms with E-state index in [-0.39, 0.29) is 30.3 Å². The Balaban J connectivity index is 1.69. The summed E-state index contributed by atoms with van der Waals surface area (Å²) in [6.07, 6.45) is 1.09. The fourth-order valence-corrected chi connectivity index (χ4v) is 4.13. The molecule has 6 heteroatoms. The lowest BCUT2D eigenvalue weighted by Crippen LogP contribution is -2.42. The zero-order chi connectivity index (χ0) is 21.7. The van der Waals surface area contributed by atoms with Crippen LogP contribution in [0, 0.1) is 0 Å². The fourth-order valence-electron chi connectivity index (χ4n) is 4.13. The highest BCUT2D eigenvalue weighted by atomic mass is 16.5. The molecule has 0 bridgehead atoms. The number of rotatable bonds is 7. The normalized spacial score (nSPS) is 16.7. The van der Waals surface area contributed by atoms with Crippen LogP contribution >= 0.6 is 0 Å². The molecule has 0 saturated heterocycles. The van der Waals surface area contributed by atoms with Gasteiger partial charge in [0, 0.05) is 20.0 Å². The van der Waals surface area contributed by atoms with E-state index in [1.807, 2.05) is 61.5 Å². The van der Waals surface area contributed by atoms with Crippen molar-refractivity contribution in [2.75, 3.05) is 34.3 Å². The van der Waals surface area contributed by atoms with Crippen LogP contribution in [0.4, 0.5) is 0 Å². The second kappa shape index (κ2) is 9.76. The van der Waals surface area contributed by atoms with Crippen LogP contribution in [0.15, 0.2) is 48.5 Å². The highest BCUT2D eigenvalue weighted by Crippen LogP contribution is 2.32. The lowest BCUT2D eigenvalue weighted by atomic mass is 9.90. The number of fused-ring (bicyclic) bond motifs is 1. The number of benzene rings is 2. The van der Waals surface area contributed by atoms with Gasteiger partial charge in [-0.05, 0) is 49.3 Å². The molecule has 6 nitrogen and oxygen atoms in total. The standard InChI is InChI=1S/C24H31N3O3/c1-17(28)27-14-13-18-7-5-6-8-21(18)22(27)15-24(29)25-16-23(26(2)3)19-9-11-20(30-4)12-10-19/h5-12,22-23H,13-16H2,1-4H3,(H,25,29). The summed E-state index contributed by atoms with van der Waals surface area (Å²) in [7, 11) is 5.64. The lowest BCUT2D eigenvalue weighted by Gasteiger charge is -2.36. The van der Waals surface area contributed by atoms with Crippen LogP contribution in [0.5, 0.6) is 5.75 Å². The molecular weight excluding hydrogens is 378 g/mol. The first kappa shape index (κ1) is 21.8. The van der Waals surface area contributed by atoms with Gasteiger partial charge in [0.25, 0.3) is 0 Å². The van der Waals surface area contributed by atoms with E-state index in [4.69, 9.17) is 4.74 Å². The molecular formula is C24H31N3O3. The number of methoxy groups -OCH3 is 1. The SMILES string of the molecule is COc1ccc(C(CNC(=O)CC2c3ccccc3CCN2C(C)=O)N(C)C)cc1. The molecule has 30 heavy (non-hydrogen) atoms. The molecule has 160 valence electrons. The Kier molecular flexibility index (Phi) is 7.11. The van der Waals surface area contributed by atoms with Crippen molar-refractivity contribution in [3.05, 3.63) is 65.2 Å². The Morgan fingerprint density at radius 1 is 1.17 bits per heavy atom. The van der Waals surface area contributed by atoms with Gasteiger partial charge >= 0.3 is 0 Å². The third-order valence-corrected chi connectivity index (χ3v) is 5.81. The third kappa shape index (κ3) is 5.00. The van der Waals surface area contributed by atoms with Crippen LogP contribution < -0.4 is 10.1 Å². The van der Waals surface area contributed by atoms with Gasteiger partial charge in [0.1, 0.15) is 5.75 Å². The maximum atomic E-state index is 12.9. The second-order valence-corrected chi connectivity index (χ2v) is 7.94. The highest BCUT2D eigenvalue weighted by Gasteiger charge is 2.30. The minimum atomic E-state index is -0.216. The number of carbonyl (C=O) groups excluding carboxylic acids is 2. The molecule has 0 fully saturated rings. The van der Waals surface area contributed by atoms with Crippen molar-refractivity contribution >= 4 is 11.8 Å². The molecule has 3 rings (SSSR count). The van der Waals surface area contributed by atoms with E-state index in [1.165, 1.54) is 5.56 Å². The summed E-state index contributed by atoms with van der Waals surface area (Å²) in [5.41, 5.74) is 3.40. The van der Waals surface area contributed by atoms with Crippen molar-refractivity contribution < 1.29 is 14.3 Å². The molecule has 0 aliphatic carbocycles. The average molecular weight is 410 g/mol. The predicted octanol–water partition coefficient (Wildman–Crippen LogP) is 2.95. The molecule has 1 heterocycles. The smallest absolute Gasteiger partial charge is 0.222 e. The maximum absolute atomic E-state index is 12.9. The van der Waals surface area contributed by atoms with Crippen LogP contribution in [0.3, 0.4) is 0 Å². The van der Waals surface area contributed by atoms with E-state index in [1.54, 1.807) is 14.0 Å². The quantitative estimate of drug-likeness (QED) is 0.764. The van der Waals surface area contributed by atoms with Gasteiger partial charge in [-0.3, -0.25) is 9.59 Å². The van der Waals surface area contributed by atoms with Crippen molar-refractivity contribution in [1.82, 2.24) is 15.1 Å². The molecule has 0 spiro atoms. The molecule has 1 aliphatic heterocycles. The molecule has 2 unspecified atom stereocenters. The topological polar surface area (TPSA) is 61.9 Å². The zero-order valence-corrected chi connectivity index (χ0v) is 18.2. The van der Waals surface area contributed by atoms with Crippen LogP contribution in [-0.4, -0.2) is 55.9 Å². The Bertz CT molecular complexity index is 880. The van der Waals surface area contributed by atoms with Gasteiger partial charge in [-0.15, -0.1) is 0 Å². The number of nitrogens with one attached hydrogen (secondary N) is 1. The monoisotopic (exact) mass is 409 g/mol. The Hall–Kier alpha value is -2.86. The Morgan fingerprint density at radius 2 is 1.87 bits per heavy atom. The fraction of sp³-hybridized carbons (Fsp3) is 0.417. The van der Waals surface area contributed by atoms with Crippen molar-refractivity contribution in [1.29, 1.82) is 0 Å². The summed E-state index contributed by atoms with van der Waals surface area (Å²) >= 11 is 0. The van der Waals surface area contributed by atoms with Crippen molar-refractivity contribution in [3.8, 4) is 5.75 Å². The van der Waals surface area contributed by atoms with Crippen LogP contribution in [0.25, 0.3) is 0 Å². The summed E-state index contributed by atoms with van der Waals surface area (Å²) in [5.74, 6) is 0.760. The zero-order valence-electron chi connectivity index (χ0n) is 18.2. The largest absolute Gasteiger partial charge is 0.497 e. The molecule has 2 aromatic carbocycles. The van der Waals surface area contributed by atoms with Gasteiger partial charge < -0.3 is 19.9 Å². The van der Waals surface area contributed by atoms with E-state index in [0.29, 0.717) is 13.1 Å². The van der Waals surface area contributed by atoms with Gasteiger partial charge in [0.15, 0.2) is 0 Å². The van der Waals surface area contributed by atoms with Crippen LogP contribution in [0.2, 0.25) is 0 Å². The second-order valence-electron chi connectivity index (χ2n) is 7.94. The van der Waals surface area contributed by atoms with Crippen LogP contribution in [-0.2, 0) is 16.0 Å². The molecule has 2 atom stereocenters. The first-order valence-electron chi connectivity index (χ1n) is 10.3. The summed E-state index contributed by atoms with van der Waals surface area (Å²) in [6, 6.07) is 15.8. The Labute approximate surface area is 178 Å². The number of likely N-dealkylation sites (N-methyl/N-ethyl adjacent to an activating group) is 1.